The Hall–Kier alpha value is -2.40. The van der Waals surface area contributed by atoms with Gasteiger partial charge in [-0.05, 0) is 42.0 Å². The first kappa shape index (κ1) is 18.4. The van der Waals surface area contributed by atoms with Gasteiger partial charge in [0.1, 0.15) is 0 Å². The van der Waals surface area contributed by atoms with Crippen molar-refractivity contribution in [2.24, 2.45) is 5.92 Å². The summed E-state index contributed by atoms with van der Waals surface area (Å²) in [7, 11) is 1.41. The molecule has 0 aliphatic carbocycles. The number of carbonyl (C=O) groups excluding carboxylic acids is 1. The van der Waals surface area contributed by atoms with Crippen LogP contribution in [0, 0.1) is 11.7 Å². The third-order valence-electron chi connectivity index (χ3n) is 5.05. The Morgan fingerprint density at radius 2 is 1.92 bits per heavy atom. The highest BCUT2D eigenvalue weighted by Crippen LogP contribution is 2.30. The molecule has 1 fully saturated rings. The number of amides is 1. The standard InChI is InChI=1S/C21H24FNO3/c1-26-19-8-7-15(13-18(19)22)14-20(24)23-11-9-17(10-12-23)21(25)16-5-3-2-4-6-16/h2-8,13,17,21,25H,9-12,14H2,1H3/t21-/m0/s1. The quantitative estimate of drug-likeness (QED) is 0.893. The number of likely N-dealkylation sites (tertiary alicyclic amines) is 1. The lowest BCUT2D eigenvalue weighted by atomic mass is 9.87. The number of aliphatic hydroxyl groups is 1. The maximum atomic E-state index is 13.8. The third kappa shape index (κ3) is 4.22. The fourth-order valence-electron chi connectivity index (χ4n) is 3.49. The summed E-state index contributed by atoms with van der Waals surface area (Å²) in [6, 6.07) is 14.2. The van der Waals surface area contributed by atoms with Crippen LogP contribution in [0.4, 0.5) is 4.39 Å². The van der Waals surface area contributed by atoms with E-state index in [0.29, 0.717) is 18.7 Å². The summed E-state index contributed by atoms with van der Waals surface area (Å²) in [5.74, 6) is -0.137. The predicted molar refractivity (Wildman–Crippen MR) is 97.4 cm³/mol. The molecule has 0 aromatic heterocycles. The fraction of sp³-hybridized carbons (Fsp3) is 0.381. The second kappa shape index (κ2) is 8.32. The number of piperidine rings is 1. The van der Waals surface area contributed by atoms with E-state index >= 15 is 0 Å². The number of hydrogen-bond donors (Lipinski definition) is 1. The van der Waals surface area contributed by atoms with Gasteiger partial charge in [-0.15, -0.1) is 0 Å². The van der Waals surface area contributed by atoms with Crippen molar-refractivity contribution < 1.29 is 19.0 Å². The Morgan fingerprint density at radius 3 is 2.54 bits per heavy atom. The average Bonchev–Trinajstić information content (AvgIpc) is 2.68. The van der Waals surface area contributed by atoms with E-state index in [4.69, 9.17) is 4.74 Å². The van der Waals surface area contributed by atoms with Crippen LogP contribution in [0.5, 0.6) is 5.75 Å². The summed E-state index contributed by atoms with van der Waals surface area (Å²) in [6.07, 6.45) is 1.20. The van der Waals surface area contributed by atoms with Gasteiger partial charge in [-0.1, -0.05) is 36.4 Å². The molecule has 2 aromatic carbocycles. The molecule has 3 rings (SSSR count). The zero-order valence-electron chi connectivity index (χ0n) is 14.9. The Morgan fingerprint density at radius 1 is 1.23 bits per heavy atom. The van der Waals surface area contributed by atoms with Gasteiger partial charge in [0.15, 0.2) is 11.6 Å². The molecular weight excluding hydrogens is 333 g/mol. The predicted octanol–water partition coefficient (Wildman–Crippen LogP) is 3.35. The molecule has 2 aromatic rings. The molecule has 138 valence electrons. The maximum Gasteiger partial charge on any atom is 0.226 e. The largest absolute Gasteiger partial charge is 0.494 e. The molecule has 4 nitrogen and oxygen atoms in total. The van der Waals surface area contributed by atoms with Crippen LogP contribution < -0.4 is 4.74 Å². The maximum absolute atomic E-state index is 13.8. The third-order valence-corrected chi connectivity index (χ3v) is 5.05. The van der Waals surface area contributed by atoms with E-state index in [1.54, 1.807) is 17.0 Å². The van der Waals surface area contributed by atoms with Crippen LogP contribution in [-0.4, -0.2) is 36.1 Å². The molecule has 0 bridgehead atoms. The zero-order valence-corrected chi connectivity index (χ0v) is 14.9. The van der Waals surface area contributed by atoms with Crippen molar-refractivity contribution in [3.05, 3.63) is 65.5 Å². The number of rotatable bonds is 5. The highest BCUT2D eigenvalue weighted by atomic mass is 19.1. The van der Waals surface area contributed by atoms with Crippen molar-refractivity contribution in [2.75, 3.05) is 20.2 Å². The number of hydrogen-bond acceptors (Lipinski definition) is 3. The SMILES string of the molecule is COc1ccc(CC(=O)N2CCC([C@@H](O)c3ccccc3)CC2)cc1F. The van der Waals surface area contributed by atoms with Crippen LogP contribution >= 0.6 is 0 Å². The Labute approximate surface area is 153 Å². The minimum atomic E-state index is -0.496. The second-order valence-electron chi connectivity index (χ2n) is 6.72. The van der Waals surface area contributed by atoms with Gasteiger partial charge in [-0.3, -0.25) is 4.79 Å². The molecule has 0 unspecified atom stereocenters. The topological polar surface area (TPSA) is 49.8 Å². The van der Waals surface area contributed by atoms with Gasteiger partial charge in [0.2, 0.25) is 5.91 Å². The Balaban J connectivity index is 1.54. The van der Waals surface area contributed by atoms with Crippen molar-refractivity contribution in [3.8, 4) is 5.75 Å². The van der Waals surface area contributed by atoms with E-state index in [9.17, 15) is 14.3 Å². The van der Waals surface area contributed by atoms with Gasteiger partial charge in [-0.2, -0.15) is 0 Å². The molecule has 0 radical (unpaired) electrons. The van der Waals surface area contributed by atoms with Crippen molar-refractivity contribution in [3.63, 3.8) is 0 Å². The number of methoxy groups -OCH3 is 1. The van der Waals surface area contributed by atoms with Crippen LogP contribution in [0.1, 0.15) is 30.1 Å². The lowest BCUT2D eigenvalue weighted by Gasteiger charge is -2.34. The molecule has 0 spiro atoms. The summed E-state index contributed by atoms with van der Waals surface area (Å²) in [5.41, 5.74) is 1.56. The van der Waals surface area contributed by atoms with E-state index in [1.807, 2.05) is 30.3 Å². The Bertz CT molecular complexity index is 742. The monoisotopic (exact) mass is 357 g/mol. The molecule has 1 heterocycles. The van der Waals surface area contributed by atoms with Crippen LogP contribution in [0.3, 0.4) is 0 Å². The average molecular weight is 357 g/mol. The summed E-state index contributed by atoms with van der Waals surface area (Å²) < 4.78 is 18.7. The fourth-order valence-corrected chi connectivity index (χ4v) is 3.49. The van der Waals surface area contributed by atoms with Gasteiger partial charge in [-0.25, -0.2) is 4.39 Å². The molecule has 1 atom stereocenters. The van der Waals surface area contributed by atoms with Crippen LogP contribution in [-0.2, 0) is 11.2 Å². The number of ether oxygens (including phenoxy) is 1. The first-order valence-electron chi connectivity index (χ1n) is 8.91. The van der Waals surface area contributed by atoms with Crippen LogP contribution in [0.15, 0.2) is 48.5 Å². The van der Waals surface area contributed by atoms with E-state index < -0.39 is 11.9 Å². The molecule has 5 heteroatoms. The number of halogens is 1. The molecule has 1 amide bonds. The number of aliphatic hydroxyl groups excluding tert-OH is 1. The zero-order chi connectivity index (χ0) is 18.5. The van der Waals surface area contributed by atoms with Gasteiger partial charge in [0, 0.05) is 13.1 Å². The number of carbonyl (C=O) groups is 1. The number of nitrogens with zero attached hydrogens (tertiary/aromatic N) is 1. The minimum absolute atomic E-state index is 0.0118. The summed E-state index contributed by atoms with van der Waals surface area (Å²) >= 11 is 0. The van der Waals surface area contributed by atoms with Crippen LogP contribution in [0.25, 0.3) is 0 Å². The molecule has 1 N–H and O–H groups in total. The molecule has 0 saturated carbocycles. The van der Waals surface area contributed by atoms with Crippen molar-refractivity contribution in [2.45, 2.75) is 25.4 Å². The molecule has 26 heavy (non-hydrogen) atoms. The summed E-state index contributed by atoms with van der Waals surface area (Å²) in [5, 5.41) is 10.5. The van der Waals surface area contributed by atoms with Gasteiger partial charge in [0.25, 0.3) is 0 Å². The van der Waals surface area contributed by atoms with Crippen molar-refractivity contribution in [1.29, 1.82) is 0 Å². The second-order valence-corrected chi connectivity index (χ2v) is 6.72. The van der Waals surface area contributed by atoms with Crippen molar-refractivity contribution in [1.82, 2.24) is 4.90 Å². The molecule has 1 saturated heterocycles. The highest BCUT2D eigenvalue weighted by molar-refractivity contribution is 5.78. The van der Waals surface area contributed by atoms with Gasteiger partial charge in [0.05, 0.1) is 19.6 Å². The van der Waals surface area contributed by atoms with E-state index in [0.717, 1.165) is 18.4 Å². The lowest BCUT2D eigenvalue weighted by Crippen LogP contribution is -2.40. The molecule has 1 aliphatic rings. The smallest absolute Gasteiger partial charge is 0.226 e. The normalized spacial score (nSPS) is 16.3. The lowest BCUT2D eigenvalue weighted by molar-refractivity contribution is -0.132. The first-order valence-corrected chi connectivity index (χ1v) is 8.91. The summed E-state index contributed by atoms with van der Waals surface area (Å²) in [4.78, 5) is 14.3. The minimum Gasteiger partial charge on any atom is -0.494 e. The molecular formula is C21H24FNO3. The summed E-state index contributed by atoms with van der Waals surface area (Å²) in [6.45, 7) is 1.23. The Kier molecular flexibility index (Phi) is 5.89. The van der Waals surface area contributed by atoms with Gasteiger partial charge >= 0.3 is 0 Å². The van der Waals surface area contributed by atoms with Crippen molar-refractivity contribution >= 4 is 5.91 Å². The van der Waals surface area contributed by atoms with E-state index in [2.05, 4.69) is 0 Å². The van der Waals surface area contributed by atoms with E-state index in [1.165, 1.54) is 13.2 Å². The first-order chi connectivity index (χ1) is 12.6. The number of benzene rings is 2. The highest BCUT2D eigenvalue weighted by Gasteiger charge is 2.28. The van der Waals surface area contributed by atoms with Gasteiger partial charge < -0.3 is 14.7 Å². The van der Waals surface area contributed by atoms with Crippen LogP contribution in [0.2, 0.25) is 0 Å². The van der Waals surface area contributed by atoms with E-state index in [-0.39, 0.29) is 24.0 Å². The molecule has 1 aliphatic heterocycles.